The second-order valence-electron chi connectivity index (χ2n) is 8.19. The lowest BCUT2D eigenvalue weighted by Gasteiger charge is -2.16. The Hall–Kier alpha value is -3.21. The van der Waals surface area contributed by atoms with Crippen LogP contribution in [0.2, 0.25) is 5.02 Å². The van der Waals surface area contributed by atoms with E-state index in [-0.39, 0.29) is 28.8 Å². The van der Waals surface area contributed by atoms with Gasteiger partial charge in [-0.15, -0.1) is 0 Å². The summed E-state index contributed by atoms with van der Waals surface area (Å²) in [6, 6.07) is 14.4. The Kier molecular flexibility index (Phi) is 8.86. The van der Waals surface area contributed by atoms with E-state index in [9.17, 15) is 9.59 Å². The zero-order valence-corrected chi connectivity index (χ0v) is 24.6. The van der Waals surface area contributed by atoms with Gasteiger partial charge in [-0.05, 0) is 72.6 Å². The van der Waals surface area contributed by atoms with Crippen LogP contribution in [-0.4, -0.2) is 35.0 Å². The maximum Gasteiger partial charge on any atom is 0.282 e. The van der Waals surface area contributed by atoms with Crippen LogP contribution in [0.1, 0.15) is 23.9 Å². The molecule has 0 spiro atoms. The van der Waals surface area contributed by atoms with E-state index < -0.39 is 0 Å². The Morgan fingerprint density at radius 1 is 1.16 bits per heavy atom. The fourth-order valence-electron chi connectivity index (χ4n) is 3.65. The number of amides is 1. The van der Waals surface area contributed by atoms with Crippen LogP contribution in [0.3, 0.4) is 0 Å². The molecule has 3 aromatic carbocycles. The fraction of sp³-hybridized carbons (Fsp3) is 0.185. The van der Waals surface area contributed by atoms with Gasteiger partial charge in [-0.2, -0.15) is 9.78 Å². The number of fused-ring (bicyclic) bond motifs is 1. The Labute approximate surface area is 240 Å². The predicted octanol–water partition coefficient (Wildman–Crippen LogP) is 6.49. The van der Waals surface area contributed by atoms with E-state index in [0.717, 1.165) is 10.0 Å². The van der Waals surface area contributed by atoms with Gasteiger partial charge in [0.2, 0.25) is 0 Å². The molecule has 0 unspecified atom stereocenters. The minimum atomic E-state index is -0.343. The van der Waals surface area contributed by atoms with Crippen LogP contribution in [0.5, 0.6) is 11.5 Å². The highest BCUT2D eigenvalue weighted by Crippen LogP contribution is 2.42. The number of halogens is 3. The molecule has 0 atom stereocenters. The summed E-state index contributed by atoms with van der Waals surface area (Å²) in [5.74, 6) is 0.622. The average molecular weight is 663 g/mol. The molecule has 0 bridgehead atoms. The predicted molar refractivity (Wildman–Crippen MR) is 157 cm³/mol. The zero-order valence-electron chi connectivity index (χ0n) is 20.7. The topological polar surface area (TPSA) is 94.8 Å². The van der Waals surface area contributed by atoms with Crippen LogP contribution >= 0.6 is 43.5 Å². The molecule has 0 aliphatic carbocycles. The van der Waals surface area contributed by atoms with Crippen LogP contribution in [0.15, 0.2) is 67.4 Å². The number of benzene rings is 3. The SMILES string of the molecule is CCOc1cc(C=Nn2c(C)nc3ccc(Br)cc3c2=O)c(Br)c(Cl)c1OCC(=O)Nc1ccccc1C. The number of hydrogen-bond acceptors (Lipinski definition) is 6. The van der Waals surface area contributed by atoms with Gasteiger partial charge in [-0.25, -0.2) is 4.98 Å². The first-order valence-electron chi connectivity index (χ1n) is 11.6. The number of nitrogens with one attached hydrogen (secondary N) is 1. The second-order valence-corrected chi connectivity index (χ2v) is 10.3. The fourth-order valence-corrected chi connectivity index (χ4v) is 4.66. The molecule has 4 aromatic rings. The molecule has 1 aromatic heterocycles. The van der Waals surface area contributed by atoms with Gasteiger partial charge in [0.25, 0.3) is 11.5 Å². The monoisotopic (exact) mass is 660 g/mol. The maximum absolute atomic E-state index is 13.1. The van der Waals surface area contributed by atoms with Crippen molar-refractivity contribution in [2.75, 3.05) is 18.5 Å². The Morgan fingerprint density at radius 2 is 1.92 bits per heavy atom. The zero-order chi connectivity index (χ0) is 27.4. The van der Waals surface area contributed by atoms with Crippen molar-refractivity contribution in [2.24, 2.45) is 5.10 Å². The van der Waals surface area contributed by atoms with E-state index in [1.54, 1.807) is 25.1 Å². The van der Waals surface area contributed by atoms with E-state index in [0.29, 0.717) is 44.8 Å². The van der Waals surface area contributed by atoms with Gasteiger partial charge < -0.3 is 14.8 Å². The van der Waals surface area contributed by atoms with Crippen LogP contribution in [-0.2, 0) is 4.79 Å². The third kappa shape index (κ3) is 6.09. The summed E-state index contributed by atoms with van der Waals surface area (Å²) in [4.78, 5) is 30.1. The number of carbonyl (C=O) groups is 1. The molecule has 1 amide bonds. The summed E-state index contributed by atoms with van der Waals surface area (Å²) in [5.41, 5.74) is 2.44. The lowest BCUT2D eigenvalue weighted by Crippen LogP contribution is -2.21. The van der Waals surface area contributed by atoms with Crippen LogP contribution in [0.4, 0.5) is 5.69 Å². The lowest BCUT2D eigenvalue weighted by molar-refractivity contribution is -0.118. The molecule has 0 aliphatic rings. The molecule has 0 fully saturated rings. The Bertz CT molecular complexity index is 1620. The van der Waals surface area contributed by atoms with Crippen molar-refractivity contribution < 1.29 is 14.3 Å². The minimum absolute atomic E-state index is 0.200. The van der Waals surface area contributed by atoms with Crippen molar-refractivity contribution >= 4 is 72.2 Å². The Balaban J connectivity index is 1.62. The van der Waals surface area contributed by atoms with Crippen molar-refractivity contribution in [3.05, 3.63) is 89.8 Å². The van der Waals surface area contributed by atoms with Crippen molar-refractivity contribution in [2.45, 2.75) is 20.8 Å². The molecule has 1 N–H and O–H groups in total. The summed E-state index contributed by atoms with van der Waals surface area (Å²) < 4.78 is 14.0. The van der Waals surface area contributed by atoms with E-state index in [1.807, 2.05) is 44.2 Å². The highest BCUT2D eigenvalue weighted by atomic mass is 79.9. The van der Waals surface area contributed by atoms with E-state index in [2.05, 4.69) is 47.3 Å². The van der Waals surface area contributed by atoms with Crippen molar-refractivity contribution in [3.8, 4) is 11.5 Å². The number of nitrogens with zero attached hydrogens (tertiary/aromatic N) is 3. The van der Waals surface area contributed by atoms with E-state index in [1.165, 1.54) is 10.9 Å². The highest BCUT2D eigenvalue weighted by molar-refractivity contribution is 9.10. The molecule has 0 saturated heterocycles. The first-order chi connectivity index (χ1) is 18.2. The minimum Gasteiger partial charge on any atom is -0.490 e. The number of aryl methyl sites for hydroxylation is 2. The molecule has 0 radical (unpaired) electrons. The van der Waals surface area contributed by atoms with Crippen LogP contribution in [0, 0.1) is 13.8 Å². The van der Waals surface area contributed by atoms with E-state index in [4.69, 9.17) is 21.1 Å². The summed E-state index contributed by atoms with van der Waals surface area (Å²) in [6.45, 7) is 5.48. The number of aromatic nitrogens is 2. The standard InChI is InChI=1S/C27H23Br2ClN4O4/c1-4-37-22-11-17(13-31-34-16(3)32-21-10-9-18(28)12-19(21)27(34)36)24(29)25(30)26(22)38-14-23(35)33-20-8-6-5-7-15(20)2/h5-13H,4,14H2,1-3H3,(H,33,35). The van der Waals surface area contributed by atoms with E-state index >= 15 is 0 Å². The van der Waals surface area contributed by atoms with Gasteiger partial charge >= 0.3 is 0 Å². The van der Waals surface area contributed by atoms with Crippen LogP contribution in [0.25, 0.3) is 10.9 Å². The molecule has 0 aliphatic heterocycles. The van der Waals surface area contributed by atoms with Gasteiger partial charge in [0.1, 0.15) is 10.8 Å². The number of carbonyl (C=O) groups excluding carboxylic acids is 1. The molecule has 1 heterocycles. The molecule has 8 nitrogen and oxygen atoms in total. The van der Waals surface area contributed by atoms with Crippen molar-refractivity contribution in [3.63, 3.8) is 0 Å². The maximum atomic E-state index is 13.1. The highest BCUT2D eigenvalue weighted by Gasteiger charge is 2.19. The van der Waals surface area contributed by atoms with Crippen molar-refractivity contribution in [1.82, 2.24) is 9.66 Å². The number of hydrogen-bond donors (Lipinski definition) is 1. The number of rotatable bonds is 8. The molecular formula is C27H23Br2ClN4O4. The third-order valence-corrected chi connectivity index (χ3v) is 7.44. The number of anilines is 1. The molecule has 4 rings (SSSR count). The summed E-state index contributed by atoms with van der Waals surface area (Å²) in [6.07, 6.45) is 1.48. The lowest BCUT2D eigenvalue weighted by atomic mass is 10.2. The summed E-state index contributed by atoms with van der Waals surface area (Å²) in [7, 11) is 0. The van der Waals surface area contributed by atoms with Gasteiger partial charge in [0.05, 0.1) is 23.7 Å². The second kappa shape index (κ2) is 12.1. The largest absolute Gasteiger partial charge is 0.490 e. The number of para-hydroxylation sites is 1. The van der Waals surface area contributed by atoms with Gasteiger partial charge in [0.15, 0.2) is 18.1 Å². The average Bonchev–Trinajstić information content (AvgIpc) is 2.88. The molecule has 38 heavy (non-hydrogen) atoms. The molecular weight excluding hydrogens is 640 g/mol. The molecule has 11 heteroatoms. The van der Waals surface area contributed by atoms with Crippen molar-refractivity contribution in [1.29, 1.82) is 0 Å². The van der Waals surface area contributed by atoms with Crippen LogP contribution < -0.4 is 20.3 Å². The number of ether oxygens (including phenoxy) is 2. The van der Waals surface area contributed by atoms with Gasteiger partial charge in [-0.3, -0.25) is 9.59 Å². The third-order valence-electron chi connectivity index (χ3n) is 5.50. The Morgan fingerprint density at radius 3 is 2.66 bits per heavy atom. The smallest absolute Gasteiger partial charge is 0.282 e. The molecule has 0 saturated carbocycles. The normalized spacial score (nSPS) is 11.2. The summed E-state index contributed by atoms with van der Waals surface area (Å²) in [5, 5.41) is 7.82. The van der Waals surface area contributed by atoms with Gasteiger partial charge in [0, 0.05) is 20.2 Å². The first kappa shape index (κ1) is 27.8. The quantitative estimate of drug-likeness (QED) is 0.218. The first-order valence-corrected chi connectivity index (χ1v) is 13.5. The van der Waals surface area contributed by atoms with Gasteiger partial charge in [-0.1, -0.05) is 45.7 Å². The summed E-state index contributed by atoms with van der Waals surface area (Å²) >= 11 is 13.5. The molecule has 196 valence electrons.